The van der Waals surface area contributed by atoms with E-state index in [2.05, 4.69) is 51.3 Å². The fraction of sp³-hybridized carbons (Fsp3) is 0.538. The van der Waals surface area contributed by atoms with Crippen molar-refractivity contribution >= 4 is 27.3 Å². The summed E-state index contributed by atoms with van der Waals surface area (Å²) in [7, 11) is 1.95. The van der Waals surface area contributed by atoms with Crippen LogP contribution in [-0.4, -0.2) is 19.6 Å². The molecule has 1 aromatic rings. The number of halogens is 1. The van der Waals surface area contributed by atoms with Crippen LogP contribution >= 0.6 is 15.9 Å². The van der Waals surface area contributed by atoms with Crippen LogP contribution in [0.15, 0.2) is 22.7 Å². The lowest BCUT2D eigenvalue weighted by molar-refractivity contribution is 0.484. The van der Waals surface area contributed by atoms with E-state index in [1.807, 2.05) is 7.05 Å². The molecular weight excluding hydrogens is 264 g/mol. The van der Waals surface area contributed by atoms with Crippen molar-refractivity contribution in [2.75, 3.05) is 23.8 Å². The summed E-state index contributed by atoms with van der Waals surface area (Å²) in [5, 5.41) is 3.16. The summed E-state index contributed by atoms with van der Waals surface area (Å²) in [6, 6.07) is 7.15. The van der Waals surface area contributed by atoms with Gasteiger partial charge in [-0.3, -0.25) is 0 Å². The number of nitrogens with zero attached hydrogens (tertiary/aromatic N) is 1. The van der Waals surface area contributed by atoms with Gasteiger partial charge < -0.3 is 10.2 Å². The van der Waals surface area contributed by atoms with Gasteiger partial charge in [0.25, 0.3) is 0 Å². The van der Waals surface area contributed by atoms with E-state index in [9.17, 15) is 0 Å². The zero-order chi connectivity index (χ0) is 11.5. The molecule has 1 atom stereocenters. The van der Waals surface area contributed by atoms with E-state index in [-0.39, 0.29) is 0 Å². The Kier molecular flexibility index (Phi) is 3.74. The first-order valence-electron chi connectivity index (χ1n) is 5.96. The summed E-state index contributed by atoms with van der Waals surface area (Å²) in [6.45, 7) is 3.50. The van der Waals surface area contributed by atoms with Gasteiger partial charge >= 0.3 is 0 Å². The van der Waals surface area contributed by atoms with E-state index in [4.69, 9.17) is 0 Å². The fourth-order valence-corrected chi connectivity index (χ4v) is 2.96. The lowest BCUT2D eigenvalue weighted by atomic mass is 10.0. The predicted molar refractivity (Wildman–Crippen MR) is 74.3 cm³/mol. The molecule has 2 rings (SSSR count). The van der Waals surface area contributed by atoms with Crippen molar-refractivity contribution in [2.24, 2.45) is 0 Å². The zero-order valence-corrected chi connectivity index (χ0v) is 11.5. The summed E-state index contributed by atoms with van der Waals surface area (Å²) < 4.78 is 1.19. The lowest BCUT2D eigenvalue weighted by Gasteiger charge is -2.36. The Bertz CT molecular complexity index is 365. The van der Waals surface area contributed by atoms with Crippen LogP contribution in [0.2, 0.25) is 0 Å². The highest BCUT2D eigenvalue weighted by Crippen LogP contribution is 2.33. The molecule has 16 heavy (non-hydrogen) atoms. The molecule has 0 aliphatic carbocycles. The topological polar surface area (TPSA) is 15.3 Å². The quantitative estimate of drug-likeness (QED) is 0.886. The maximum absolute atomic E-state index is 3.67. The van der Waals surface area contributed by atoms with Gasteiger partial charge in [-0.25, -0.2) is 0 Å². The van der Waals surface area contributed by atoms with Crippen molar-refractivity contribution in [1.82, 2.24) is 0 Å². The van der Waals surface area contributed by atoms with Crippen LogP contribution in [-0.2, 0) is 0 Å². The average molecular weight is 283 g/mol. The van der Waals surface area contributed by atoms with Gasteiger partial charge in [-0.15, -0.1) is 0 Å². The van der Waals surface area contributed by atoms with Crippen LogP contribution in [0.4, 0.5) is 11.4 Å². The Labute approximate surface area is 106 Å². The fourth-order valence-electron chi connectivity index (χ4n) is 2.35. The minimum atomic E-state index is 0.658. The molecule has 0 bridgehead atoms. The van der Waals surface area contributed by atoms with Gasteiger partial charge in [0.1, 0.15) is 0 Å². The second kappa shape index (κ2) is 5.09. The third kappa shape index (κ3) is 2.34. The number of anilines is 2. The zero-order valence-electron chi connectivity index (χ0n) is 9.96. The molecule has 2 nitrogen and oxygen atoms in total. The first-order valence-corrected chi connectivity index (χ1v) is 6.75. The van der Waals surface area contributed by atoms with Gasteiger partial charge in [0.15, 0.2) is 0 Å². The Morgan fingerprint density at radius 1 is 1.38 bits per heavy atom. The first-order chi connectivity index (χ1) is 7.72. The number of rotatable bonds is 2. The summed E-state index contributed by atoms with van der Waals surface area (Å²) in [5.41, 5.74) is 2.48. The molecular formula is C13H19BrN2. The Balaban J connectivity index is 2.25. The van der Waals surface area contributed by atoms with Crippen LogP contribution < -0.4 is 10.2 Å². The average Bonchev–Trinajstić information content (AvgIpc) is 2.30. The van der Waals surface area contributed by atoms with Gasteiger partial charge in [-0.2, -0.15) is 0 Å². The second-order valence-electron chi connectivity index (χ2n) is 4.45. The SMILES string of the molecule is CNc1ccc(N2CCCC[C@H]2C)c(Br)c1. The molecule has 1 aliphatic heterocycles. The highest BCUT2D eigenvalue weighted by molar-refractivity contribution is 9.10. The molecule has 0 spiro atoms. The minimum absolute atomic E-state index is 0.658. The lowest BCUT2D eigenvalue weighted by Crippen LogP contribution is -2.37. The largest absolute Gasteiger partial charge is 0.388 e. The third-order valence-electron chi connectivity index (χ3n) is 3.35. The maximum atomic E-state index is 3.67. The molecule has 0 unspecified atom stereocenters. The van der Waals surface area contributed by atoms with Crippen LogP contribution in [0, 0.1) is 0 Å². The maximum Gasteiger partial charge on any atom is 0.0514 e. The highest BCUT2D eigenvalue weighted by atomic mass is 79.9. The molecule has 0 amide bonds. The van der Waals surface area contributed by atoms with Crippen molar-refractivity contribution in [3.8, 4) is 0 Å². The number of hydrogen-bond acceptors (Lipinski definition) is 2. The molecule has 3 heteroatoms. The van der Waals surface area contributed by atoms with Crippen LogP contribution in [0.5, 0.6) is 0 Å². The molecule has 88 valence electrons. The van der Waals surface area contributed by atoms with Crippen molar-refractivity contribution in [2.45, 2.75) is 32.2 Å². The van der Waals surface area contributed by atoms with Crippen LogP contribution in [0.1, 0.15) is 26.2 Å². The number of piperidine rings is 1. The van der Waals surface area contributed by atoms with Crippen molar-refractivity contribution in [1.29, 1.82) is 0 Å². The van der Waals surface area contributed by atoms with Gasteiger partial charge in [0.05, 0.1) is 5.69 Å². The van der Waals surface area contributed by atoms with Crippen molar-refractivity contribution < 1.29 is 0 Å². The molecule has 1 fully saturated rings. The van der Waals surface area contributed by atoms with E-state index in [1.54, 1.807) is 0 Å². The Morgan fingerprint density at radius 3 is 2.81 bits per heavy atom. The third-order valence-corrected chi connectivity index (χ3v) is 3.98. The standard InChI is InChI=1S/C13H19BrN2/c1-10-5-3-4-8-16(10)13-7-6-11(15-2)9-12(13)14/h6-7,9-10,15H,3-5,8H2,1-2H3/t10-/m1/s1. The first kappa shape index (κ1) is 11.8. The Morgan fingerprint density at radius 2 is 2.19 bits per heavy atom. The summed E-state index contributed by atoms with van der Waals surface area (Å²) in [4.78, 5) is 2.51. The van der Waals surface area contributed by atoms with Crippen molar-refractivity contribution in [3.63, 3.8) is 0 Å². The highest BCUT2D eigenvalue weighted by Gasteiger charge is 2.20. The molecule has 1 aromatic carbocycles. The molecule has 1 saturated heterocycles. The van der Waals surface area contributed by atoms with Gasteiger partial charge in [0.2, 0.25) is 0 Å². The van der Waals surface area contributed by atoms with Crippen LogP contribution in [0.25, 0.3) is 0 Å². The van der Waals surface area contributed by atoms with Gasteiger partial charge in [-0.05, 0) is 60.3 Å². The normalized spacial score (nSPS) is 20.9. The molecule has 0 aromatic heterocycles. The molecule has 0 radical (unpaired) electrons. The number of hydrogen-bond donors (Lipinski definition) is 1. The van der Waals surface area contributed by atoms with Gasteiger partial charge in [-0.1, -0.05) is 0 Å². The molecule has 1 aliphatic rings. The number of benzene rings is 1. The predicted octanol–water partition coefficient (Wildman–Crippen LogP) is 3.87. The van der Waals surface area contributed by atoms with Crippen LogP contribution in [0.3, 0.4) is 0 Å². The summed E-state index contributed by atoms with van der Waals surface area (Å²) in [6.07, 6.45) is 3.98. The second-order valence-corrected chi connectivity index (χ2v) is 5.31. The minimum Gasteiger partial charge on any atom is -0.388 e. The molecule has 1 N–H and O–H groups in total. The van der Waals surface area contributed by atoms with Crippen molar-refractivity contribution in [3.05, 3.63) is 22.7 Å². The van der Waals surface area contributed by atoms with Gasteiger partial charge in [0, 0.05) is 29.8 Å². The number of nitrogens with one attached hydrogen (secondary N) is 1. The van der Waals surface area contributed by atoms with E-state index in [1.165, 1.54) is 36.0 Å². The molecule has 0 saturated carbocycles. The van der Waals surface area contributed by atoms with E-state index >= 15 is 0 Å². The van der Waals surface area contributed by atoms with E-state index < -0.39 is 0 Å². The summed E-state index contributed by atoms with van der Waals surface area (Å²) >= 11 is 3.67. The van der Waals surface area contributed by atoms with E-state index in [0.717, 1.165) is 5.69 Å². The summed E-state index contributed by atoms with van der Waals surface area (Å²) in [5.74, 6) is 0. The molecule has 1 heterocycles. The smallest absolute Gasteiger partial charge is 0.0514 e. The van der Waals surface area contributed by atoms with E-state index in [0.29, 0.717) is 6.04 Å². The Hall–Kier alpha value is -0.700. The monoisotopic (exact) mass is 282 g/mol.